The molecule has 0 unspecified atom stereocenters. The highest BCUT2D eigenvalue weighted by molar-refractivity contribution is 9.11. The second kappa shape index (κ2) is 4.05. The third kappa shape index (κ3) is 1.69. The topological polar surface area (TPSA) is 47.3 Å². The maximum atomic E-state index is 11.0. The molecule has 0 N–H and O–H groups in total. The standard InChI is InChI=1S/C11H6BrN3OS/c12-9-5-4-8(17-9)11-14-13-10-3-1-2-7(6-16)15(10)11/h1-6H. The maximum Gasteiger partial charge on any atom is 0.179 e. The van der Waals surface area contributed by atoms with E-state index in [1.54, 1.807) is 27.9 Å². The fourth-order valence-electron chi connectivity index (χ4n) is 1.65. The van der Waals surface area contributed by atoms with Crippen LogP contribution in [0.5, 0.6) is 0 Å². The number of rotatable bonds is 2. The van der Waals surface area contributed by atoms with Crippen LogP contribution in [0.15, 0.2) is 34.1 Å². The van der Waals surface area contributed by atoms with Crippen LogP contribution in [0.3, 0.4) is 0 Å². The number of hydrogen-bond donors (Lipinski definition) is 0. The van der Waals surface area contributed by atoms with Crippen LogP contribution in [0, 0.1) is 0 Å². The van der Waals surface area contributed by atoms with Gasteiger partial charge in [-0.15, -0.1) is 21.5 Å². The van der Waals surface area contributed by atoms with Gasteiger partial charge in [-0.05, 0) is 40.2 Å². The Morgan fingerprint density at radius 2 is 2.12 bits per heavy atom. The van der Waals surface area contributed by atoms with Crippen molar-refractivity contribution in [2.24, 2.45) is 0 Å². The summed E-state index contributed by atoms with van der Waals surface area (Å²) in [5.74, 6) is 0.693. The number of fused-ring (bicyclic) bond motifs is 1. The lowest BCUT2D eigenvalue weighted by molar-refractivity contribution is 0.111. The van der Waals surface area contributed by atoms with Crippen molar-refractivity contribution in [3.05, 3.63) is 39.8 Å². The SMILES string of the molecule is O=Cc1cccc2nnc(-c3ccc(Br)s3)n12. The van der Waals surface area contributed by atoms with Crippen molar-refractivity contribution in [2.75, 3.05) is 0 Å². The second-order valence-electron chi connectivity index (χ2n) is 3.39. The Bertz CT molecular complexity index is 704. The van der Waals surface area contributed by atoms with E-state index in [0.717, 1.165) is 14.9 Å². The lowest BCUT2D eigenvalue weighted by Gasteiger charge is -1.99. The maximum absolute atomic E-state index is 11.0. The summed E-state index contributed by atoms with van der Waals surface area (Å²) in [6.07, 6.45) is 0.808. The molecule has 0 saturated carbocycles. The third-order valence-corrected chi connectivity index (χ3v) is 3.99. The fraction of sp³-hybridized carbons (Fsp3) is 0. The summed E-state index contributed by atoms with van der Waals surface area (Å²) in [4.78, 5) is 12.0. The minimum Gasteiger partial charge on any atom is -0.296 e. The predicted molar refractivity (Wildman–Crippen MR) is 69.4 cm³/mol. The van der Waals surface area contributed by atoms with Gasteiger partial charge in [0.2, 0.25) is 0 Å². The van der Waals surface area contributed by atoms with Crippen molar-refractivity contribution < 1.29 is 4.79 Å². The Morgan fingerprint density at radius 1 is 1.24 bits per heavy atom. The van der Waals surface area contributed by atoms with Gasteiger partial charge in [-0.1, -0.05) is 6.07 Å². The summed E-state index contributed by atoms with van der Waals surface area (Å²) in [6.45, 7) is 0. The highest BCUT2D eigenvalue weighted by atomic mass is 79.9. The Balaban J connectivity index is 2.33. The molecule has 0 bridgehead atoms. The van der Waals surface area contributed by atoms with Gasteiger partial charge in [-0.3, -0.25) is 9.20 Å². The van der Waals surface area contributed by atoms with Gasteiger partial charge < -0.3 is 0 Å². The second-order valence-corrected chi connectivity index (χ2v) is 5.85. The highest BCUT2D eigenvalue weighted by Crippen LogP contribution is 2.30. The quantitative estimate of drug-likeness (QED) is 0.684. The third-order valence-electron chi connectivity index (χ3n) is 2.37. The Labute approximate surface area is 109 Å². The molecule has 6 heteroatoms. The Hall–Kier alpha value is -1.53. The monoisotopic (exact) mass is 307 g/mol. The van der Waals surface area contributed by atoms with Crippen molar-refractivity contribution in [1.29, 1.82) is 0 Å². The normalized spacial score (nSPS) is 10.9. The Kier molecular flexibility index (Phi) is 2.53. The summed E-state index contributed by atoms with van der Waals surface area (Å²) >= 11 is 4.97. The van der Waals surface area contributed by atoms with Crippen molar-refractivity contribution in [3.63, 3.8) is 0 Å². The van der Waals surface area contributed by atoms with Crippen LogP contribution in [0.25, 0.3) is 16.3 Å². The number of aldehydes is 1. The molecule has 4 nitrogen and oxygen atoms in total. The van der Waals surface area contributed by atoms with Crippen LogP contribution in [0.4, 0.5) is 0 Å². The first-order valence-electron chi connectivity index (χ1n) is 4.84. The van der Waals surface area contributed by atoms with Crippen molar-refractivity contribution in [3.8, 4) is 10.7 Å². The highest BCUT2D eigenvalue weighted by Gasteiger charge is 2.12. The molecule has 84 valence electrons. The van der Waals surface area contributed by atoms with Crippen LogP contribution in [0.1, 0.15) is 10.5 Å². The number of carbonyl (C=O) groups excluding carboxylic acids is 1. The van der Waals surface area contributed by atoms with Crippen LogP contribution in [-0.2, 0) is 0 Å². The van der Waals surface area contributed by atoms with Gasteiger partial charge in [0.25, 0.3) is 0 Å². The van der Waals surface area contributed by atoms with Crippen molar-refractivity contribution in [2.45, 2.75) is 0 Å². The molecule has 0 fully saturated rings. The van der Waals surface area contributed by atoms with E-state index >= 15 is 0 Å². The zero-order valence-corrected chi connectivity index (χ0v) is 10.9. The molecule has 0 aromatic carbocycles. The van der Waals surface area contributed by atoms with Crippen LogP contribution in [0.2, 0.25) is 0 Å². The van der Waals surface area contributed by atoms with Gasteiger partial charge in [0, 0.05) is 0 Å². The molecule has 0 aliphatic carbocycles. The van der Waals surface area contributed by atoms with E-state index in [2.05, 4.69) is 26.1 Å². The smallest absolute Gasteiger partial charge is 0.179 e. The summed E-state index contributed by atoms with van der Waals surface area (Å²) in [6, 6.07) is 9.26. The molecule has 3 rings (SSSR count). The van der Waals surface area contributed by atoms with E-state index in [-0.39, 0.29) is 0 Å². The molecule has 0 aliphatic rings. The number of carbonyl (C=O) groups is 1. The van der Waals surface area contributed by atoms with Crippen LogP contribution < -0.4 is 0 Å². The molecular formula is C11H6BrN3OS. The minimum absolute atomic E-state index is 0.548. The van der Waals surface area contributed by atoms with Crippen molar-refractivity contribution >= 4 is 39.2 Å². The molecule has 0 radical (unpaired) electrons. The Morgan fingerprint density at radius 3 is 2.82 bits per heavy atom. The summed E-state index contributed by atoms with van der Waals surface area (Å²) < 4.78 is 2.78. The molecular weight excluding hydrogens is 302 g/mol. The van der Waals surface area contributed by atoms with Gasteiger partial charge in [0.1, 0.15) is 0 Å². The number of hydrogen-bond acceptors (Lipinski definition) is 4. The molecule has 3 aromatic rings. The zero-order chi connectivity index (χ0) is 11.8. The zero-order valence-electron chi connectivity index (χ0n) is 8.50. The first-order chi connectivity index (χ1) is 8.29. The van der Waals surface area contributed by atoms with E-state index in [4.69, 9.17) is 0 Å². The fourth-order valence-corrected chi connectivity index (χ4v) is 3.01. The molecule has 0 amide bonds. The van der Waals surface area contributed by atoms with Gasteiger partial charge in [-0.25, -0.2) is 0 Å². The van der Waals surface area contributed by atoms with Gasteiger partial charge in [0.15, 0.2) is 17.8 Å². The predicted octanol–water partition coefficient (Wildman–Crippen LogP) is 3.03. The molecule has 3 aromatic heterocycles. The average molecular weight is 308 g/mol. The number of pyridine rings is 1. The van der Waals surface area contributed by atoms with Crippen LogP contribution in [-0.4, -0.2) is 20.9 Å². The number of thiophene rings is 1. The molecule has 0 atom stereocenters. The van der Waals surface area contributed by atoms with E-state index in [0.29, 0.717) is 17.2 Å². The van der Waals surface area contributed by atoms with Gasteiger partial charge in [0.05, 0.1) is 14.4 Å². The van der Waals surface area contributed by atoms with E-state index in [9.17, 15) is 4.79 Å². The van der Waals surface area contributed by atoms with E-state index < -0.39 is 0 Å². The molecule has 3 heterocycles. The lowest BCUT2D eigenvalue weighted by Crippen LogP contribution is -1.96. The summed E-state index contributed by atoms with van der Waals surface area (Å²) in [7, 11) is 0. The van der Waals surface area contributed by atoms with Crippen LogP contribution >= 0.6 is 27.3 Å². The van der Waals surface area contributed by atoms with Gasteiger partial charge >= 0.3 is 0 Å². The molecule has 0 aliphatic heterocycles. The molecule has 0 spiro atoms. The van der Waals surface area contributed by atoms with Gasteiger partial charge in [-0.2, -0.15) is 0 Å². The van der Waals surface area contributed by atoms with E-state index in [1.165, 1.54) is 0 Å². The van der Waals surface area contributed by atoms with Crippen molar-refractivity contribution in [1.82, 2.24) is 14.6 Å². The number of aromatic nitrogens is 3. The minimum atomic E-state index is 0.548. The molecule has 0 saturated heterocycles. The summed E-state index contributed by atoms with van der Waals surface area (Å²) in [5.41, 5.74) is 1.22. The number of nitrogens with zero attached hydrogens (tertiary/aromatic N) is 3. The largest absolute Gasteiger partial charge is 0.296 e. The molecule has 17 heavy (non-hydrogen) atoms. The average Bonchev–Trinajstić information content (AvgIpc) is 2.94. The number of halogens is 1. The first kappa shape index (κ1) is 10.6. The first-order valence-corrected chi connectivity index (χ1v) is 6.45. The van der Waals surface area contributed by atoms with E-state index in [1.807, 2.05) is 18.2 Å². The summed E-state index contributed by atoms with van der Waals surface area (Å²) in [5, 5.41) is 8.19. The lowest BCUT2D eigenvalue weighted by atomic mass is 10.3.